The summed E-state index contributed by atoms with van der Waals surface area (Å²) in [6, 6.07) is 4.12. The van der Waals surface area contributed by atoms with Crippen LogP contribution in [-0.2, 0) is 13.1 Å². The number of rotatable bonds is 5. The van der Waals surface area contributed by atoms with Crippen molar-refractivity contribution in [1.82, 2.24) is 29.8 Å². The number of hydrogen-bond donors (Lipinski definition) is 0. The SMILES string of the molecule is CCCn1nnnc1Cn1cnc2scc(-c3ccc(C)s3)c2c1=O. The Bertz CT molecular complexity index is 1090. The van der Waals surface area contributed by atoms with Gasteiger partial charge < -0.3 is 0 Å². The minimum Gasteiger partial charge on any atom is -0.291 e. The number of nitrogens with zero attached hydrogens (tertiary/aromatic N) is 6. The first-order chi connectivity index (χ1) is 12.2. The van der Waals surface area contributed by atoms with Crippen LogP contribution in [0.2, 0.25) is 0 Å². The molecule has 0 saturated heterocycles. The summed E-state index contributed by atoms with van der Waals surface area (Å²) in [6.45, 7) is 5.16. The zero-order valence-corrected chi connectivity index (χ0v) is 15.5. The molecule has 7 nitrogen and oxygen atoms in total. The van der Waals surface area contributed by atoms with E-state index in [0.29, 0.717) is 17.8 Å². The van der Waals surface area contributed by atoms with Crippen LogP contribution >= 0.6 is 22.7 Å². The normalized spacial score (nSPS) is 11.4. The van der Waals surface area contributed by atoms with Crippen molar-refractivity contribution in [2.24, 2.45) is 0 Å². The van der Waals surface area contributed by atoms with Crippen LogP contribution in [0.5, 0.6) is 0 Å². The van der Waals surface area contributed by atoms with Crippen molar-refractivity contribution in [3.63, 3.8) is 0 Å². The Hall–Kier alpha value is -2.39. The third-order valence-electron chi connectivity index (χ3n) is 3.92. The second-order valence-electron chi connectivity index (χ2n) is 5.74. The van der Waals surface area contributed by atoms with Gasteiger partial charge in [0.05, 0.1) is 18.3 Å². The highest BCUT2D eigenvalue weighted by atomic mass is 32.1. The molecular formula is C16H16N6OS2. The lowest BCUT2D eigenvalue weighted by Crippen LogP contribution is -2.23. The predicted octanol–water partition coefficient (Wildman–Crippen LogP) is 2.94. The molecule has 0 saturated carbocycles. The van der Waals surface area contributed by atoms with E-state index in [1.54, 1.807) is 26.9 Å². The van der Waals surface area contributed by atoms with Crippen LogP contribution in [0.4, 0.5) is 0 Å². The van der Waals surface area contributed by atoms with Crippen LogP contribution in [0.1, 0.15) is 24.0 Å². The minimum absolute atomic E-state index is 0.0571. The standard InChI is InChI=1S/C16H16N6OS2/c1-3-6-22-13(18-19-20-22)7-21-9-17-15-14(16(21)23)11(8-24-15)12-5-4-10(2)25-12/h4-5,8-9H,3,6-7H2,1-2H3. The molecule has 0 atom stereocenters. The fraction of sp³-hybridized carbons (Fsp3) is 0.312. The number of aromatic nitrogens is 6. The molecule has 0 aliphatic carbocycles. The Kier molecular flexibility index (Phi) is 4.18. The van der Waals surface area contributed by atoms with Crippen LogP contribution in [0, 0.1) is 6.92 Å². The van der Waals surface area contributed by atoms with Crippen molar-refractivity contribution in [2.45, 2.75) is 33.4 Å². The van der Waals surface area contributed by atoms with Crippen LogP contribution in [0.15, 0.2) is 28.6 Å². The molecule has 128 valence electrons. The van der Waals surface area contributed by atoms with Crippen molar-refractivity contribution < 1.29 is 0 Å². The highest BCUT2D eigenvalue weighted by Crippen LogP contribution is 2.34. The smallest absolute Gasteiger partial charge is 0.263 e. The Balaban J connectivity index is 1.79. The van der Waals surface area contributed by atoms with Crippen LogP contribution in [0.3, 0.4) is 0 Å². The molecule has 0 aromatic carbocycles. The molecule has 9 heteroatoms. The third kappa shape index (κ3) is 2.89. The monoisotopic (exact) mass is 372 g/mol. The summed E-state index contributed by atoms with van der Waals surface area (Å²) in [6.07, 6.45) is 2.51. The Morgan fingerprint density at radius 1 is 1.28 bits per heavy atom. The molecule has 0 aliphatic heterocycles. The van der Waals surface area contributed by atoms with Gasteiger partial charge in [-0.2, -0.15) is 0 Å². The molecule has 0 amide bonds. The first-order valence-electron chi connectivity index (χ1n) is 7.96. The van der Waals surface area contributed by atoms with Crippen LogP contribution in [-0.4, -0.2) is 29.8 Å². The van der Waals surface area contributed by atoms with Gasteiger partial charge in [-0.15, -0.1) is 27.8 Å². The Labute approximate surface area is 151 Å². The van der Waals surface area contributed by atoms with Crippen molar-refractivity contribution in [2.75, 3.05) is 0 Å². The summed E-state index contributed by atoms with van der Waals surface area (Å²) < 4.78 is 3.31. The van der Waals surface area contributed by atoms with Gasteiger partial charge in [-0.05, 0) is 35.9 Å². The van der Waals surface area contributed by atoms with Gasteiger partial charge in [0.1, 0.15) is 4.83 Å². The first kappa shape index (κ1) is 16.1. The lowest BCUT2D eigenvalue weighted by molar-refractivity contribution is 0.540. The minimum atomic E-state index is -0.0571. The van der Waals surface area contributed by atoms with Gasteiger partial charge in [-0.3, -0.25) is 9.36 Å². The van der Waals surface area contributed by atoms with E-state index in [-0.39, 0.29) is 5.56 Å². The molecule has 0 aliphatic rings. The molecule has 0 bridgehead atoms. The second kappa shape index (κ2) is 6.49. The molecule has 0 spiro atoms. The molecule has 0 N–H and O–H groups in total. The Morgan fingerprint density at radius 2 is 2.16 bits per heavy atom. The van der Waals surface area contributed by atoms with Crippen LogP contribution in [0.25, 0.3) is 20.7 Å². The molecule has 0 fully saturated rings. The Morgan fingerprint density at radius 3 is 2.92 bits per heavy atom. The molecule has 4 aromatic rings. The van der Waals surface area contributed by atoms with E-state index >= 15 is 0 Å². The number of fused-ring (bicyclic) bond motifs is 1. The zero-order chi connectivity index (χ0) is 17.4. The predicted molar refractivity (Wildman–Crippen MR) is 99.1 cm³/mol. The highest BCUT2D eigenvalue weighted by Gasteiger charge is 2.16. The van der Waals surface area contributed by atoms with E-state index < -0.39 is 0 Å². The molecule has 0 radical (unpaired) electrons. The summed E-state index contributed by atoms with van der Waals surface area (Å²) in [4.78, 5) is 20.6. The summed E-state index contributed by atoms with van der Waals surface area (Å²) in [5.74, 6) is 0.661. The van der Waals surface area contributed by atoms with Crippen molar-refractivity contribution in [1.29, 1.82) is 0 Å². The number of aryl methyl sites for hydroxylation is 2. The van der Waals surface area contributed by atoms with E-state index in [9.17, 15) is 4.79 Å². The van der Waals surface area contributed by atoms with Gasteiger partial charge in [0.2, 0.25) is 0 Å². The van der Waals surface area contributed by atoms with E-state index in [4.69, 9.17) is 0 Å². The molecule has 25 heavy (non-hydrogen) atoms. The quantitative estimate of drug-likeness (QED) is 0.538. The van der Waals surface area contributed by atoms with Crippen molar-refractivity contribution >= 4 is 32.9 Å². The highest BCUT2D eigenvalue weighted by molar-refractivity contribution is 7.19. The fourth-order valence-electron chi connectivity index (χ4n) is 2.72. The average Bonchev–Trinajstić information content (AvgIpc) is 3.31. The average molecular weight is 372 g/mol. The zero-order valence-electron chi connectivity index (χ0n) is 13.8. The number of hydrogen-bond acceptors (Lipinski definition) is 7. The molecule has 4 heterocycles. The summed E-state index contributed by atoms with van der Waals surface area (Å²) in [7, 11) is 0. The topological polar surface area (TPSA) is 78.5 Å². The van der Waals surface area contributed by atoms with Gasteiger partial charge in [-0.1, -0.05) is 6.92 Å². The summed E-state index contributed by atoms with van der Waals surface area (Å²) in [5, 5.41) is 14.4. The second-order valence-corrected chi connectivity index (χ2v) is 7.88. The van der Waals surface area contributed by atoms with Gasteiger partial charge in [0, 0.05) is 27.2 Å². The lowest BCUT2D eigenvalue weighted by atomic mass is 10.2. The number of tetrazole rings is 1. The molecule has 0 unspecified atom stereocenters. The first-order valence-corrected chi connectivity index (χ1v) is 9.65. The van der Waals surface area contributed by atoms with Crippen molar-refractivity contribution in [3.05, 3.63) is 44.9 Å². The molecule has 4 rings (SSSR count). The maximum absolute atomic E-state index is 13.0. The van der Waals surface area contributed by atoms with Gasteiger partial charge in [0.25, 0.3) is 5.56 Å². The van der Waals surface area contributed by atoms with E-state index in [1.807, 2.05) is 5.38 Å². The van der Waals surface area contributed by atoms with Gasteiger partial charge in [0.15, 0.2) is 5.82 Å². The van der Waals surface area contributed by atoms with E-state index in [2.05, 4.69) is 46.5 Å². The largest absolute Gasteiger partial charge is 0.291 e. The molecule has 4 aromatic heterocycles. The summed E-state index contributed by atoms with van der Waals surface area (Å²) >= 11 is 3.18. The fourth-order valence-corrected chi connectivity index (χ4v) is 4.58. The van der Waals surface area contributed by atoms with Crippen molar-refractivity contribution in [3.8, 4) is 10.4 Å². The molecular weight excluding hydrogens is 356 g/mol. The van der Waals surface area contributed by atoms with E-state index in [1.165, 1.54) is 16.2 Å². The lowest BCUT2D eigenvalue weighted by Gasteiger charge is -2.06. The van der Waals surface area contributed by atoms with Crippen LogP contribution < -0.4 is 5.56 Å². The number of thiophene rings is 2. The van der Waals surface area contributed by atoms with E-state index in [0.717, 1.165) is 28.2 Å². The maximum Gasteiger partial charge on any atom is 0.263 e. The van der Waals surface area contributed by atoms with Gasteiger partial charge >= 0.3 is 0 Å². The summed E-state index contributed by atoms with van der Waals surface area (Å²) in [5.41, 5.74) is 0.899. The van der Waals surface area contributed by atoms with Gasteiger partial charge in [-0.25, -0.2) is 9.67 Å². The maximum atomic E-state index is 13.0. The third-order valence-corrected chi connectivity index (χ3v) is 5.84.